The highest BCUT2D eigenvalue weighted by atomic mass is 35.5. The standard InChI is InChI=1S/C21H23ClN4O2/c22-17-7-5-14(6-8-17)19-10-16(11-24-20(13-27)15-3-4-15)21(28)26(25-19)18-2-1-9-23-12-18/h1-2,5-9,12,15-16,20,24,27H,3-4,10-11,13H2. The summed E-state index contributed by atoms with van der Waals surface area (Å²) in [6.07, 6.45) is 6.11. The van der Waals surface area contributed by atoms with E-state index in [1.807, 2.05) is 30.3 Å². The van der Waals surface area contributed by atoms with Gasteiger partial charge in [0.05, 0.1) is 30.1 Å². The molecule has 2 aromatic rings. The van der Waals surface area contributed by atoms with Gasteiger partial charge in [0.1, 0.15) is 0 Å². The highest BCUT2D eigenvalue weighted by Crippen LogP contribution is 2.33. The zero-order valence-corrected chi connectivity index (χ0v) is 16.2. The number of hydrogen-bond acceptors (Lipinski definition) is 5. The number of halogens is 1. The second kappa shape index (κ2) is 8.39. The second-order valence-corrected chi connectivity index (χ2v) is 7.79. The molecule has 2 atom stereocenters. The highest BCUT2D eigenvalue weighted by Gasteiger charge is 2.35. The van der Waals surface area contributed by atoms with Crippen LogP contribution in [0.5, 0.6) is 0 Å². The summed E-state index contributed by atoms with van der Waals surface area (Å²) < 4.78 is 0. The first-order valence-corrected chi connectivity index (χ1v) is 9.95. The molecule has 4 rings (SSSR count). The van der Waals surface area contributed by atoms with Gasteiger partial charge in [-0.25, -0.2) is 0 Å². The van der Waals surface area contributed by atoms with Gasteiger partial charge in [-0.05, 0) is 48.6 Å². The van der Waals surface area contributed by atoms with Crippen molar-refractivity contribution in [2.24, 2.45) is 16.9 Å². The van der Waals surface area contributed by atoms with E-state index in [9.17, 15) is 9.90 Å². The second-order valence-electron chi connectivity index (χ2n) is 7.35. The minimum atomic E-state index is -0.267. The van der Waals surface area contributed by atoms with Crippen LogP contribution in [0.1, 0.15) is 24.8 Å². The van der Waals surface area contributed by atoms with Gasteiger partial charge >= 0.3 is 0 Å². The van der Waals surface area contributed by atoms with E-state index in [1.165, 1.54) is 5.01 Å². The van der Waals surface area contributed by atoms with Gasteiger partial charge in [-0.2, -0.15) is 10.1 Å². The molecule has 2 unspecified atom stereocenters. The van der Waals surface area contributed by atoms with E-state index < -0.39 is 0 Å². The average molecular weight is 399 g/mol. The number of pyridine rings is 1. The summed E-state index contributed by atoms with van der Waals surface area (Å²) in [6, 6.07) is 11.2. The predicted octanol–water partition coefficient (Wildman–Crippen LogP) is 2.85. The van der Waals surface area contributed by atoms with Crippen LogP contribution in [0.4, 0.5) is 5.69 Å². The Labute approximate surface area is 169 Å². The van der Waals surface area contributed by atoms with E-state index in [1.54, 1.807) is 18.5 Å². The quantitative estimate of drug-likeness (QED) is 0.751. The first kappa shape index (κ1) is 19.1. The molecule has 1 aliphatic carbocycles. The molecule has 0 radical (unpaired) electrons. The van der Waals surface area contributed by atoms with Gasteiger partial charge < -0.3 is 10.4 Å². The molecule has 1 fully saturated rings. The minimum absolute atomic E-state index is 0.0532. The number of aliphatic hydroxyl groups is 1. The molecule has 146 valence electrons. The fourth-order valence-electron chi connectivity index (χ4n) is 3.52. The van der Waals surface area contributed by atoms with Gasteiger partial charge in [-0.3, -0.25) is 9.78 Å². The lowest BCUT2D eigenvalue weighted by Crippen LogP contribution is -2.46. The molecule has 28 heavy (non-hydrogen) atoms. The third kappa shape index (κ3) is 4.24. The lowest BCUT2D eigenvalue weighted by Gasteiger charge is -2.30. The SMILES string of the molecule is O=C1C(CNC(CO)C2CC2)CC(c2ccc(Cl)cc2)=NN1c1cccnc1. The maximum Gasteiger partial charge on any atom is 0.252 e. The monoisotopic (exact) mass is 398 g/mol. The van der Waals surface area contributed by atoms with Crippen molar-refractivity contribution in [3.8, 4) is 0 Å². The number of nitrogens with one attached hydrogen (secondary N) is 1. The van der Waals surface area contributed by atoms with Crippen molar-refractivity contribution in [3.05, 3.63) is 59.4 Å². The molecule has 1 aromatic carbocycles. The molecule has 1 saturated carbocycles. The molecule has 6 nitrogen and oxygen atoms in total. The van der Waals surface area contributed by atoms with Gasteiger partial charge in [0.2, 0.25) is 0 Å². The summed E-state index contributed by atoms with van der Waals surface area (Å²) in [5, 5.41) is 19.7. The third-order valence-electron chi connectivity index (χ3n) is 5.30. The van der Waals surface area contributed by atoms with Crippen molar-refractivity contribution in [1.29, 1.82) is 0 Å². The molecule has 2 N–H and O–H groups in total. The van der Waals surface area contributed by atoms with Crippen molar-refractivity contribution >= 4 is 28.9 Å². The molecule has 0 bridgehead atoms. The summed E-state index contributed by atoms with van der Waals surface area (Å²) in [5.74, 6) is 0.185. The molecule has 1 amide bonds. The molecule has 7 heteroatoms. The van der Waals surface area contributed by atoms with Crippen LogP contribution in [0.15, 0.2) is 53.9 Å². The number of aliphatic hydroxyl groups excluding tert-OH is 1. The molecular weight excluding hydrogens is 376 g/mol. The minimum Gasteiger partial charge on any atom is -0.395 e. The van der Waals surface area contributed by atoms with Crippen molar-refractivity contribution in [2.75, 3.05) is 18.2 Å². The zero-order valence-electron chi connectivity index (χ0n) is 15.5. The van der Waals surface area contributed by atoms with Crippen LogP contribution in [0.25, 0.3) is 0 Å². The van der Waals surface area contributed by atoms with E-state index in [-0.39, 0.29) is 24.5 Å². The Morgan fingerprint density at radius 1 is 1.25 bits per heavy atom. The van der Waals surface area contributed by atoms with Gasteiger partial charge in [0.15, 0.2) is 0 Å². The van der Waals surface area contributed by atoms with Gasteiger partial charge in [0.25, 0.3) is 5.91 Å². The molecule has 2 aliphatic rings. The zero-order chi connectivity index (χ0) is 19.5. The predicted molar refractivity (Wildman–Crippen MR) is 109 cm³/mol. The van der Waals surface area contributed by atoms with E-state index in [0.717, 1.165) is 24.1 Å². The summed E-state index contributed by atoms with van der Waals surface area (Å²) in [5.41, 5.74) is 2.42. The molecule has 2 heterocycles. The van der Waals surface area contributed by atoms with Crippen LogP contribution in [0.2, 0.25) is 5.02 Å². The lowest BCUT2D eigenvalue weighted by molar-refractivity contribution is -0.122. The average Bonchev–Trinajstić information content (AvgIpc) is 3.56. The number of aromatic nitrogens is 1. The maximum absolute atomic E-state index is 13.1. The van der Waals surface area contributed by atoms with E-state index in [0.29, 0.717) is 29.6 Å². The van der Waals surface area contributed by atoms with Crippen molar-refractivity contribution in [2.45, 2.75) is 25.3 Å². The van der Waals surface area contributed by atoms with E-state index >= 15 is 0 Å². The number of nitrogens with zero attached hydrogens (tertiary/aromatic N) is 3. The molecule has 1 aromatic heterocycles. The Hall–Kier alpha value is -2.28. The largest absolute Gasteiger partial charge is 0.395 e. The number of hydrogen-bond donors (Lipinski definition) is 2. The molecular formula is C21H23ClN4O2. The number of hydrazone groups is 1. The van der Waals surface area contributed by atoms with Crippen LogP contribution >= 0.6 is 11.6 Å². The lowest BCUT2D eigenvalue weighted by atomic mass is 9.94. The fourth-order valence-corrected chi connectivity index (χ4v) is 3.64. The topological polar surface area (TPSA) is 77.8 Å². The van der Waals surface area contributed by atoms with E-state index in [4.69, 9.17) is 11.6 Å². The van der Waals surface area contributed by atoms with Crippen LogP contribution < -0.4 is 10.3 Å². The maximum atomic E-state index is 13.1. The first-order chi connectivity index (χ1) is 13.7. The number of rotatable bonds is 7. The Morgan fingerprint density at radius 2 is 2.04 bits per heavy atom. The Kier molecular flexibility index (Phi) is 5.71. The summed E-state index contributed by atoms with van der Waals surface area (Å²) in [6.45, 7) is 0.597. The van der Waals surface area contributed by atoms with Gasteiger partial charge in [-0.1, -0.05) is 23.7 Å². The fraction of sp³-hybridized carbons (Fsp3) is 0.381. The Morgan fingerprint density at radius 3 is 2.68 bits per heavy atom. The molecule has 0 spiro atoms. The number of amides is 1. The smallest absolute Gasteiger partial charge is 0.252 e. The normalized spacial score (nSPS) is 20.8. The van der Waals surface area contributed by atoms with Crippen molar-refractivity contribution < 1.29 is 9.90 Å². The summed E-state index contributed by atoms with van der Waals surface area (Å²) in [7, 11) is 0. The van der Waals surface area contributed by atoms with Crippen LogP contribution in [0.3, 0.4) is 0 Å². The number of benzene rings is 1. The number of carbonyl (C=O) groups excluding carboxylic acids is 1. The number of carbonyl (C=O) groups is 1. The summed E-state index contributed by atoms with van der Waals surface area (Å²) >= 11 is 6.02. The van der Waals surface area contributed by atoms with Crippen LogP contribution in [-0.2, 0) is 4.79 Å². The van der Waals surface area contributed by atoms with Crippen LogP contribution in [0, 0.1) is 11.8 Å². The van der Waals surface area contributed by atoms with E-state index in [2.05, 4.69) is 15.4 Å². The van der Waals surface area contributed by atoms with Gasteiger partial charge in [-0.15, -0.1) is 0 Å². The first-order valence-electron chi connectivity index (χ1n) is 9.57. The van der Waals surface area contributed by atoms with Gasteiger partial charge in [0, 0.05) is 30.2 Å². The Balaban J connectivity index is 1.59. The number of anilines is 1. The highest BCUT2D eigenvalue weighted by molar-refractivity contribution is 6.30. The van der Waals surface area contributed by atoms with Crippen molar-refractivity contribution in [3.63, 3.8) is 0 Å². The van der Waals surface area contributed by atoms with Crippen molar-refractivity contribution in [1.82, 2.24) is 10.3 Å². The Bertz CT molecular complexity index is 852. The molecule has 0 saturated heterocycles. The van der Waals surface area contributed by atoms with Crippen LogP contribution in [-0.4, -0.2) is 40.9 Å². The third-order valence-corrected chi connectivity index (χ3v) is 5.55. The molecule has 1 aliphatic heterocycles. The summed E-state index contributed by atoms with van der Waals surface area (Å²) in [4.78, 5) is 17.2.